The van der Waals surface area contributed by atoms with Crippen LogP contribution in [0.4, 0.5) is 0 Å². The molecule has 4 heteroatoms. The van der Waals surface area contributed by atoms with Crippen molar-refractivity contribution in [3.05, 3.63) is 0 Å². The van der Waals surface area contributed by atoms with Crippen LogP contribution in [0.3, 0.4) is 0 Å². The molecule has 1 aliphatic carbocycles. The monoisotopic (exact) mass is 237 g/mol. The summed E-state index contributed by atoms with van der Waals surface area (Å²) < 4.78 is 5.40. The van der Waals surface area contributed by atoms with Crippen LogP contribution in [0.1, 0.15) is 32.1 Å². The van der Waals surface area contributed by atoms with Crippen molar-refractivity contribution in [1.82, 2.24) is 4.90 Å². The van der Waals surface area contributed by atoms with Crippen LogP contribution in [-0.2, 0) is 4.74 Å². The third kappa shape index (κ3) is 2.15. The molecular weight excluding hydrogens is 213 g/mol. The van der Waals surface area contributed by atoms with E-state index in [1.54, 1.807) is 0 Å². The Morgan fingerprint density at radius 2 is 1.65 bits per heavy atom. The molecule has 0 aromatic heterocycles. The van der Waals surface area contributed by atoms with Crippen molar-refractivity contribution in [1.29, 1.82) is 0 Å². The van der Waals surface area contributed by atoms with Crippen LogP contribution in [0.25, 0.3) is 0 Å². The van der Waals surface area contributed by atoms with Gasteiger partial charge in [-0.15, -0.1) is 0 Å². The maximum atomic E-state index is 10.9. The second kappa shape index (κ2) is 4.56. The smallest absolute Gasteiger partial charge is 0.162 e. The molecule has 2 heterocycles. The van der Waals surface area contributed by atoms with Crippen LogP contribution in [0.5, 0.6) is 0 Å². The molecule has 1 unspecified atom stereocenters. The number of ether oxygens (including phenoxy) is 1. The largest absolute Gasteiger partial charge is 0.384 e. The normalized spacial score (nSPS) is 39.1. The highest BCUT2D eigenvalue weighted by Gasteiger charge is 2.45. The molecule has 1 saturated carbocycles. The molecule has 3 fully saturated rings. The summed E-state index contributed by atoms with van der Waals surface area (Å²) in [5.41, 5.74) is -0.603. The SMILES string of the molecule is BC(O)(C1CCOCC1)N1C[C@H]2CCC[C@H]2C1. The van der Waals surface area contributed by atoms with E-state index < -0.39 is 5.62 Å². The first-order valence-corrected chi connectivity index (χ1v) is 7.23. The summed E-state index contributed by atoms with van der Waals surface area (Å²) in [5, 5.41) is 10.9. The molecule has 0 amide bonds. The number of hydrogen-bond donors (Lipinski definition) is 1. The van der Waals surface area contributed by atoms with Gasteiger partial charge < -0.3 is 9.84 Å². The fourth-order valence-corrected chi connectivity index (χ4v) is 4.11. The molecule has 3 rings (SSSR count). The second-order valence-corrected chi connectivity index (χ2v) is 6.34. The Bertz CT molecular complexity index is 267. The van der Waals surface area contributed by atoms with Gasteiger partial charge in [0.15, 0.2) is 7.85 Å². The van der Waals surface area contributed by atoms with Crippen LogP contribution in [0.15, 0.2) is 0 Å². The summed E-state index contributed by atoms with van der Waals surface area (Å²) >= 11 is 0. The molecular formula is C13H24BNO2. The molecule has 2 aliphatic heterocycles. The van der Waals surface area contributed by atoms with Crippen LogP contribution < -0.4 is 0 Å². The van der Waals surface area contributed by atoms with Gasteiger partial charge in [-0.1, -0.05) is 6.42 Å². The number of hydrogen-bond acceptors (Lipinski definition) is 3. The van der Waals surface area contributed by atoms with Gasteiger partial charge in [0.2, 0.25) is 0 Å². The van der Waals surface area contributed by atoms with E-state index in [1.807, 2.05) is 7.85 Å². The van der Waals surface area contributed by atoms with Crippen molar-refractivity contribution in [3.63, 3.8) is 0 Å². The highest BCUT2D eigenvalue weighted by Crippen LogP contribution is 2.41. The van der Waals surface area contributed by atoms with E-state index >= 15 is 0 Å². The minimum Gasteiger partial charge on any atom is -0.384 e. The highest BCUT2D eigenvalue weighted by molar-refractivity contribution is 6.14. The highest BCUT2D eigenvalue weighted by atomic mass is 16.5. The first kappa shape index (κ1) is 12.0. The number of fused-ring (bicyclic) bond motifs is 1. The first-order valence-electron chi connectivity index (χ1n) is 7.23. The van der Waals surface area contributed by atoms with Gasteiger partial charge in [0, 0.05) is 26.3 Å². The second-order valence-electron chi connectivity index (χ2n) is 6.34. The van der Waals surface area contributed by atoms with Gasteiger partial charge >= 0.3 is 0 Å². The predicted octanol–water partition coefficient (Wildman–Crippen LogP) is 0.424. The van der Waals surface area contributed by atoms with E-state index in [2.05, 4.69) is 4.90 Å². The van der Waals surface area contributed by atoms with Crippen LogP contribution >= 0.6 is 0 Å². The van der Waals surface area contributed by atoms with E-state index in [-0.39, 0.29) is 0 Å². The van der Waals surface area contributed by atoms with Gasteiger partial charge in [-0.05, 0) is 43.4 Å². The van der Waals surface area contributed by atoms with Gasteiger partial charge in [-0.2, -0.15) is 0 Å². The molecule has 3 aliphatic rings. The molecule has 1 N–H and O–H groups in total. The quantitative estimate of drug-likeness (QED) is 0.707. The van der Waals surface area contributed by atoms with E-state index in [0.717, 1.165) is 51.0 Å². The van der Waals surface area contributed by atoms with Crippen LogP contribution in [-0.4, -0.2) is 49.8 Å². The van der Waals surface area contributed by atoms with Gasteiger partial charge in [0.1, 0.15) is 0 Å². The molecule has 17 heavy (non-hydrogen) atoms. The standard InChI is InChI=1S/C13H24BNO2/c14-13(16,12-4-6-17-7-5-12)15-8-10-2-1-3-11(10)9-15/h10-12,16H,1-9,14H2/t10-,11+,13?. The van der Waals surface area contributed by atoms with Crippen molar-refractivity contribution >= 4 is 7.85 Å². The zero-order valence-corrected chi connectivity index (χ0v) is 10.9. The van der Waals surface area contributed by atoms with Gasteiger partial charge in [-0.25, -0.2) is 0 Å². The maximum absolute atomic E-state index is 10.9. The van der Waals surface area contributed by atoms with Crippen molar-refractivity contribution in [2.75, 3.05) is 26.3 Å². The summed E-state index contributed by atoms with van der Waals surface area (Å²) in [6.07, 6.45) is 6.19. The molecule has 3 nitrogen and oxygen atoms in total. The lowest BCUT2D eigenvalue weighted by Crippen LogP contribution is -2.55. The molecule has 0 aromatic rings. The fourth-order valence-electron chi connectivity index (χ4n) is 4.11. The molecule has 0 aromatic carbocycles. The minimum atomic E-state index is -0.603. The number of aliphatic hydroxyl groups is 1. The Morgan fingerprint density at radius 3 is 2.24 bits per heavy atom. The Hall–Kier alpha value is -0.0551. The van der Waals surface area contributed by atoms with E-state index in [0.29, 0.717) is 5.92 Å². The van der Waals surface area contributed by atoms with Crippen molar-refractivity contribution in [3.8, 4) is 0 Å². The Morgan fingerprint density at radius 1 is 1.06 bits per heavy atom. The molecule has 96 valence electrons. The average molecular weight is 237 g/mol. The van der Waals surface area contributed by atoms with E-state index in [9.17, 15) is 5.11 Å². The van der Waals surface area contributed by atoms with E-state index in [1.165, 1.54) is 19.3 Å². The molecule has 0 bridgehead atoms. The Labute approximate surface area is 105 Å². The Balaban J connectivity index is 1.66. The zero-order chi connectivity index (χ0) is 11.9. The van der Waals surface area contributed by atoms with E-state index in [4.69, 9.17) is 4.74 Å². The summed E-state index contributed by atoms with van der Waals surface area (Å²) in [4.78, 5) is 2.36. The van der Waals surface area contributed by atoms with Crippen LogP contribution in [0, 0.1) is 17.8 Å². The number of rotatable bonds is 2. The third-order valence-electron chi connectivity index (χ3n) is 5.36. The molecule has 2 saturated heterocycles. The predicted molar refractivity (Wildman–Crippen MR) is 69.4 cm³/mol. The Kier molecular flexibility index (Phi) is 3.22. The third-order valence-corrected chi connectivity index (χ3v) is 5.36. The molecule has 3 atom stereocenters. The lowest BCUT2D eigenvalue weighted by atomic mass is 9.74. The van der Waals surface area contributed by atoms with Gasteiger partial charge in [-0.3, -0.25) is 4.90 Å². The maximum Gasteiger partial charge on any atom is 0.162 e. The number of nitrogens with zero attached hydrogens (tertiary/aromatic N) is 1. The van der Waals surface area contributed by atoms with Crippen molar-refractivity contribution in [2.24, 2.45) is 17.8 Å². The summed E-state index contributed by atoms with van der Waals surface area (Å²) in [5.74, 6) is 2.12. The lowest BCUT2D eigenvalue weighted by molar-refractivity contribution is -0.102. The van der Waals surface area contributed by atoms with Gasteiger partial charge in [0.05, 0.1) is 5.62 Å². The molecule has 0 spiro atoms. The topological polar surface area (TPSA) is 32.7 Å². The van der Waals surface area contributed by atoms with Crippen LogP contribution in [0.2, 0.25) is 0 Å². The fraction of sp³-hybridized carbons (Fsp3) is 1.00. The van der Waals surface area contributed by atoms with Crippen molar-refractivity contribution in [2.45, 2.75) is 37.7 Å². The molecule has 0 radical (unpaired) electrons. The van der Waals surface area contributed by atoms with Crippen molar-refractivity contribution < 1.29 is 9.84 Å². The minimum absolute atomic E-state index is 0.398. The summed E-state index contributed by atoms with van der Waals surface area (Å²) in [6, 6.07) is 0. The summed E-state index contributed by atoms with van der Waals surface area (Å²) in [7, 11) is 2.03. The first-order chi connectivity index (χ1) is 8.18. The summed E-state index contributed by atoms with van der Waals surface area (Å²) in [6.45, 7) is 3.88. The number of likely N-dealkylation sites (tertiary alicyclic amines) is 1. The average Bonchev–Trinajstić information content (AvgIpc) is 2.90. The lowest BCUT2D eigenvalue weighted by Gasteiger charge is -2.43. The zero-order valence-electron chi connectivity index (χ0n) is 10.9. The van der Waals surface area contributed by atoms with Gasteiger partial charge in [0.25, 0.3) is 0 Å².